The van der Waals surface area contributed by atoms with Gasteiger partial charge in [-0.15, -0.1) is 16.8 Å². The lowest BCUT2D eigenvalue weighted by atomic mass is 10.1. The van der Waals surface area contributed by atoms with Crippen molar-refractivity contribution in [2.24, 2.45) is 0 Å². The molecule has 1 heterocycles. The Labute approximate surface area is 214 Å². The van der Waals surface area contributed by atoms with Gasteiger partial charge in [0.2, 0.25) is 5.91 Å². The van der Waals surface area contributed by atoms with Crippen LogP contribution in [0.1, 0.15) is 52.0 Å². The minimum absolute atomic E-state index is 0.0723. The summed E-state index contributed by atoms with van der Waals surface area (Å²) in [6.07, 6.45) is 1.70. The zero-order valence-electron chi connectivity index (χ0n) is 20.5. The highest BCUT2D eigenvalue weighted by molar-refractivity contribution is 7.99. The Morgan fingerprint density at radius 3 is 2.67 bits per heavy atom. The van der Waals surface area contributed by atoms with Gasteiger partial charge >= 0.3 is 5.97 Å². The van der Waals surface area contributed by atoms with E-state index in [4.69, 9.17) is 4.74 Å². The molecule has 2 N–H and O–H groups in total. The molecule has 36 heavy (non-hydrogen) atoms. The van der Waals surface area contributed by atoms with Gasteiger partial charge in [0.1, 0.15) is 0 Å². The summed E-state index contributed by atoms with van der Waals surface area (Å²) in [4.78, 5) is 37.2. The summed E-state index contributed by atoms with van der Waals surface area (Å²) in [6.45, 7) is 9.93. The number of nitrogens with zero attached hydrogens (tertiary/aromatic N) is 3. The van der Waals surface area contributed by atoms with Crippen LogP contribution in [0.4, 0.5) is 5.69 Å². The van der Waals surface area contributed by atoms with Gasteiger partial charge in [0, 0.05) is 17.8 Å². The average molecular weight is 508 g/mol. The van der Waals surface area contributed by atoms with Gasteiger partial charge in [0.05, 0.1) is 24.0 Å². The van der Waals surface area contributed by atoms with Gasteiger partial charge in [-0.1, -0.05) is 42.1 Å². The maximum Gasteiger partial charge on any atom is 0.338 e. The van der Waals surface area contributed by atoms with E-state index < -0.39 is 12.0 Å². The van der Waals surface area contributed by atoms with Gasteiger partial charge < -0.3 is 19.9 Å². The summed E-state index contributed by atoms with van der Waals surface area (Å²) in [5, 5.41) is 14.8. The number of allylic oxidation sites excluding steroid dienone is 1. The fraction of sp³-hybridized carbons (Fsp3) is 0.269. The van der Waals surface area contributed by atoms with Crippen molar-refractivity contribution in [2.75, 3.05) is 17.7 Å². The number of amides is 2. The highest BCUT2D eigenvalue weighted by Gasteiger charge is 2.21. The van der Waals surface area contributed by atoms with E-state index in [2.05, 4.69) is 27.4 Å². The van der Waals surface area contributed by atoms with E-state index in [-0.39, 0.29) is 24.2 Å². The van der Waals surface area contributed by atoms with Gasteiger partial charge in [-0.2, -0.15) is 0 Å². The molecule has 0 aliphatic carbocycles. The van der Waals surface area contributed by atoms with Crippen molar-refractivity contribution < 1.29 is 19.1 Å². The van der Waals surface area contributed by atoms with Gasteiger partial charge in [0.25, 0.3) is 5.91 Å². The SMILES string of the molecule is C=CCn1c(SCC(=O)Nc2cccc(C(=O)OCC)c2)nnc1[C@@H](C)NC(=O)c1ccccc1C. The summed E-state index contributed by atoms with van der Waals surface area (Å²) < 4.78 is 6.81. The molecule has 9 nitrogen and oxygen atoms in total. The van der Waals surface area contributed by atoms with Crippen molar-refractivity contribution in [3.8, 4) is 0 Å². The maximum absolute atomic E-state index is 12.7. The smallest absolute Gasteiger partial charge is 0.338 e. The number of carbonyl (C=O) groups excluding carboxylic acids is 3. The number of thioether (sulfide) groups is 1. The molecule has 0 radical (unpaired) electrons. The first-order valence-corrected chi connectivity index (χ1v) is 12.4. The van der Waals surface area contributed by atoms with E-state index in [9.17, 15) is 14.4 Å². The highest BCUT2D eigenvalue weighted by Crippen LogP contribution is 2.22. The second-order valence-corrected chi connectivity index (χ2v) is 8.83. The van der Waals surface area contributed by atoms with Crippen LogP contribution >= 0.6 is 11.8 Å². The number of nitrogens with one attached hydrogen (secondary N) is 2. The van der Waals surface area contributed by atoms with E-state index >= 15 is 0 Å². The molecule has 0 unspecified atom stereocenters. The fourth-order valence-electron chi connectivity index (χ4n) is 3.46. The van der Waals surface area contributed by atoms with E-state index in [0.717, 1.165) is 5.56 Å². The molecule has 10 heteroatoms. The number of aryl methyl sites for hydroxylation is 1. The molecular formula is C26H29N5O4S. The zero-order valence-corrected chi connectivity index (χ0v) is 21.3. The third-order valence-corrected chi connectivity index (χ3v) is 6.14. The quantitative estimate of drug-likeness (QED) is 0.227. The molecule has 188 valence electrons. The van der Waals surface area contributed by atoms with E-state index in [1.54, 1.807) is 43.3 Å². The van der Waals surface area contributed by atoms with Crippen molar-refractivity contribution in [3.05, 3.63) is 83.7 Å². The molecule has 2 aromatic carbocycles. The van der Waals surface area contributed by atoms with Gasteiger partial charge in [-0.25, -0.2) is 4.79 Å². The summed E-state index contributed by atoms with van der Waals surface area (Å²) in [5.74, 6) is -0.286. The van der Waals surface area contributed by atoms with Crippen molar-refractivity contribution in [1.29, 1.82) is 0 Å². The van der Waals surface area contributed by atoms with Crippen LogP contribution in [0.15, 0.2) is 66.3 Å². The molecule has 0 bridgehead atoms. The minimum Gasteiger partial charge on any atom is -0.462 e. The largest absolute Gasteiger partial charge is 0.462 e. The second-order valence-electron chi connectivity index (χ2n) is 7.89. The topological polar surface area (TPSA) is 115 Å². The Kier molecular flexibility index (Phi) is 9.40. The molecule has 0 saturated heterocycles. The van der Waals surface area contributed by atoms with Crippen LogP contribution in [0.25, 0.3) is 0 Å². The molecule has 3 aromatic rings. The number of ether oxygens (including phenoxy) is 1. The first kappa shape index (κ1) is 26.7. The third kappa shape index (κ3) is 6.82. The molecule has 0 aliphatic heterocycles. The Morgan fingerprint density at radius 1 is 1.17 bits per heavy atom. The Bertz CT molecular complexity index is 1260. The van der Waals surface area contributed by atoms with Crippen molar-refractivity contribution in [3.63, 3.8) is 0 Å². The molecule has 2 amide bonds. The highest BCUT2D eigenvalue weighted by atomic mass is 32.2. The molecule has 1 aromatic heterocycles. The van der Waals surface area contributed by atoms with Gasteiger partial charge in [-0.05, 0) is 50.6 Å². The van der Waals surface area contributed by atoms with Crippen LogP contribution in [0.3, 0.4) is 0 Å². The molecule has 0 fully saturated rings. The van der Waals surface area contributed by atoms with Crippen LogP contribution in [-0.4, -0.2) is 44.9 Å². The summed E-state index contributed by atoms with van der Waals surface area (Å²) in [7, 11) is 0. The van der Waals surface area contributed by atoms with Crippen LogP contribution in [0, 0.1) is 6.92 Å². The van der Waals surface area contributed by atoms with Crippen molar-refractivity contribution in [1.82, 2.24) is 20.1 Å². The Balaban J connectivity index is 1.65. The predicted molar refractivity (Wildman–Crippen MR) is 139 cm³/mol. The first-order valence-electron chi connectivity index (χ1n) is 11.4. The third-order valence-electron chi connectivity index (χ3n) is 5.17. The molecule has 3 rings (SSSR count). The number of esters is 1. The number of aromatic nitrogens is 3. The lowest BCUT2D eigenvalue weighted by molar-refractivity contribution is -0.113. The normalized spacial score (nSPS) is 11.4. The number of hydrogen-bond acceptors (Lipinski definition) is 7. The standard InChI is InChI=1S/C26H29N5O4S/c1-5-14-31-23(18(4)27-24(33)21-13-8-7-10-17(21)3)29-30-26(31)36-16-22(32)28-20-12-9-11-19(15-20)25(34)35-6-2/h5,7-13,15,18H,1,6,14,16H2,2-4H3,(H,27,33)(H,28,32)/t18-/m1/s1. The van der Waals surface area contributed by atoms with E-state index in [1.165, 1.54) is 11.8 Å². The number of hydrogen-bond donors (Lipinski definition) is 2. The summed E-state index contributed by atoms with van der Waals surface area (Å²) >= 11 is 1.21. The van der Waals surface area contributed by atoms with Crippen LogP contribution in [0.5, 0.6) is 0 Å². The number of anilines is 1. The average Bonchev–Trinajstić information content (AvgIpc) is 3.26. The minimum atomic E-state index is -0.448. The van der Waals surface area contributed by atoms with Crippen LogP contribution in [0.2, 0.25) is 0 Å². The number of benzene rings is 2. The molecule has 1 atom stereocenters. The van der Waals surface area contributed by atoms with E-state index in [1.807, 2.05) is 36.6 Å². The fourth-order valence-corrected chi connectivity index (χ4v) is 4.21. The lowest BCUT2D eigenvalue weighted by Crippen LogP contribution is -2.29. The maximum atomic E-state index is 12.7. The Hall–Kier alpha value is -3.92. The number of carbonyl (C=O) groups is 3. The van der Waals surface area contributed by atoms with Gasteiger partial charge in [-0.3, -0.25) is 9.59 Å². The second kappa shape index (κ2) is 12.7. The lowest BCUT2D eigenvalue weighted by Gasteiger charge is -2.16. The molecule has 0 spiro atoms. The first-order chi connectivity index (χ1) is 17.3. The molecule has 0 aliphatic rings. The number of rotatable bonds is 11. The van der Waals surface area contributed by atoms with Crippen molar-refractivity contribution in [2.45, 2.75) is 38.5 Å². The molecule has 0 saturated carbocycles. The van der Waals surface area contributed by atoms with Gasteiger partial charge in [0.15, 0.2) is 11.0 Å². The van der Waals surface area contributed by atoms with Crippen molar-refractivity contribution >= 4 is 35.2 Å². The van der Waals surface area contributed by atoms with Crippen LogP contribution < -0.4 is 10.6 Å². The van der Waals surface area contributed by atoms with Crippen LogP contribution in [-0.2, 0) is 16.1 Å². The zero-order chi connectivity index (χ0) is 26.1. The molecular weight excluding hydrogens is 478 g/mol. The van der Waals surface area contributed by atoms with E-state index in [0.29, 0.717) is 34.3 Å². The summed E-state index contributed by atoms with van der Waals surface area (Å²) in [6, 6.07) is 13.5. The predicted octanol–water partition coefficient (Wildman–Crippen LogP) is 4.17. The summed E-state index contributed by atoms with van der Waals surface area (Å²) in [5.41, 5.74) is 2.33. The Morgan fingerprint density at radius 2 is 1.94 bits per heavy atom. The monoisotopic (exact) mass is 507 g/mol.